The van der Waals surface area contributed by atoms with Crippen LogP contribution in [0.4, 0.5) is 5.82 Å². The van der Waals surface area contributed by atoms with Crippen LogP contribution in [0.15, 0.2) is 4.52 Å². The van der Waals surface area contributed by atoms with Crippen LogP contribution in [0.1, 0.15) is 48.4 Å². The van der Waals surface area contributed by atoms with Gasteiger partial charge in [0.05, 0.1) is 5.69 Å². The van der Waals surface area contributed by atoms with Crippen molar-refractivity contribution in [2.24, 2.45) is 0 Å². The second kappa shape index (κ2) is 7.15. The summed E-state index contributed by atoms with van der Waals surface area (Å²) in [6.07, 6.45) is 1.55. The number of aryl methyl sites for hydroxylation is 2. The normalized spacial score (nSPS) is 18.4. The van der Waals surface area contributed by atoms with Gasteiger partial charge in [-0.1, -0.05) is 19.0 Å². The average Bonchev–Trinajstić information content (AvgIpc) is 3.06. The lowest BCUT2D eigenvalue weighted by Crippen LogP contribution is -2.47. The van der Waals surface area contributed by atoms with E-state index in [0.717, 1.165) is 37.2 Å². The predicted octanol–water partition coefficient (Wildman–Crippen LogP) is 1.66. The van der Waals surface area contributed by atoms with Gasteiger partial charge in [-0.2, -0.15) is 15.3 Å². The number of nitrogens with zero attached hydrogens (tertiary/aromatic N) is 7. The maximum Gasteiger partial charge on any atom is 0.245 e. The molecular weight excluding hydrogens is 318 g/mol. The standard InChI is InChI=1S/C17H23N7O/c1-5-12-13(9-18)16(21-20-14(12)6-2)24-8-7-23(4)15(10-24)17-19-11(3)22-25-17/h15H,5-8,10H2,1-4H3/t15-/m0/s1. The lowest BCUT2D eigenvalue weighted by Gasteiger charge is -2.38. The summed E-state index contributed by atoms with van der Waals surface area (Å²) < 4.78 is 5.37. The number of anilines is 1. The van der Waals surface area contributed by atoms with Crippen LogP contribution < -0.4 is 4.90 Å². The first-order chi connectivity index (χ1) is 12.1. The Balaban J connectivity index is 1.95. The monoisotopic (exact) mass is 341 g/mol. The first kappa shape index (κ1) is 17.3. The van der Waals surface area contributed by atoms with Crippen LogP contribution in [0.2, 0.25) is 0 Å². The van der Waals surface area contributed by atoms with Crippen LogP contribution in [0.25, 0.3) is 0 Å². The molecule has 3 rings (SSSR count). The molecule has 0 bridgehead atoms. The number of aromatic nitrogens is 4. The van der Waals surface area contributed by atoms with Crippen LogP contribution in [-0.2, 0) is 12.8 Å². The van der Waals surface area contributed by atoms with E-state index in [1.807, 2.05) is 20.9 Å². The number of nitriles is 1. The Hall–Kier alpha value is -2.53. The molecule has 0 aliphatic carbocycles. The number of likely N-dealkylation sites (N-methyl/N-ethyl adjacent to an activating group) is 1. The highest BCUT2D eigenvalue weighted by Crippen LogP contribution is 2.29. The molecule has 2 aromatic heterocycles. The first-order valence-corrected chi connectivity index (χ1v) is 8.62. The molecule has 2 aromatic rings. The largest absolute Gasteiger partial charge is 0.351 e. The van der Waals surface area contributed by atoms with Gasteiger partial charge in [0.2, 0.25) is 5.89 Å². The van der Waals surface area contributed by atoms with Crippen molar-refractivity contribution < 1.29 is 4.52 Å². The second-order valence-corrected chi connectivity index (χ2v) is 6.27. The van der Waals surface area contributed by atoms with E-state index < -0.39 is 0 Å². The summed E-state index contributed by atoms with van der Waals surface area (Å²) >= 11 is 0. The van der Waals surface area contributed by atoms with Crippen molar-refractivity contribution in [2.75, 3.05) is 31.6 Å². The van der Waals surface area contributed by atoms with Crippen molar-refractivity contribution in [1.82, 2.24) is 25.2 Å². The van der Waals surface area contributed by atoms with Gasteiger partial charge in [-0.05, 0) is 32.4 Å². The molecule has 0 amide bonds. The van der Waals surface area contributed by atoms with Gasteiger partial charge >= 0.3 is 0 Å². The van der Waals surface area contributed by atoms with Gasteiger partial charge in [0.15, 0.2) is 11.6 Å². The quantitative estimate of drug-likeness (QED) is 0.828. The van der Waals surface area contributed by atoms with E-state index in [4.69, 9.17) is 4.52 Å². The fourth-order valence-electron chi connectivity index (χ4n) is 3.28. The summed E-state index contributed by atoms with van der Waals surface area (Å²) in [6, 6.07) is 2.32. The molecular formula is C17H23N7O. The predicted molar refractivity (Wildman–Crippen MR) is 92.1 cm³/mol. The Kier molecular flexibility index (Phi) is 4.95. The molecule has 0 saturated carbocycles. The van der Waals surface area contributed by atoms with E-state index in [1.165, 1.54) is 0 Å². The molecule has 3 heterocycles. The van der Waals surface area contributed by atoms with E-state index in [1.54, 1.807) is 0 Å². The molecule has 0 spiro atoms. The molecule has 8 nitrogen and oxygen atoms in total. The molecule has 25 heavy (non-hydrogen) atoms. The summed E-state index contributed by atoms with van der Waals surface area (Å²) in [5.74, 6) is 1.88. The minimum atomic E-state index is -0.0285. The molecule has 0 radical (unpaired) electrons. The molecule has 0 aromatic carbocycles. The SMILES string of the molecule is CCc1nnc(N2CCN(C)[C@H](c3nc(C)no3)C2)c(C#N)c1CC. The molecule has 0 N–H and O–H groups in total. The Bertz CT molecular complexity index is 795. The van der Waals surface area contributed by atoms with Gasteiger partial charge in [0, 0.05) is 19.6 Å². The smallest absolute Gasteiger partial charge is 0.245 e. The number of hydrogen-bond donors (Lipinski definition) is 0. The van der Waals surface area contributed by atoms with Crippen LogP contribution in [0.3, 0.4) is 0 Å². The molecule has 132 valence electrons. The highest BCUT2D eigenvalue weighted by molar-refractivity contribution is 5.58. The molecule has 1 atom stereocenters. The summed E-state index contributed by atoms with van der Waals surface area (Å²) in [5, 5.41) is 22.4. The average molecular weight is 341 g/mol. The fraction of sp³-hybridized carbons (Fsp3) is 0.588. The van der Waals surface area contributed by atoms with E-state index in [-0.39, 0.29) is 6.04 Å². The lowest BCUT2D eigenvalue weighted by molar-refractivity contribution is 0.177. The van der Waals surface area contributed by atoms with E-state index in [2.05, 4.69) is 43.1 Å². The molecule has 1 saturated heterocycles. The maximum absolute atomic E-state index is 9.72. The maximum atomic E-state index is 9.72. The van der Waals surface area contributed by atoms with Gasteiger partial charge in [0.25, 0.3) is 0 Å². The lowest BCUT2D eigenvalue weighted by atomic mass is 10.0. The van der Waals surface area contributed by atoms with E-state index in [0.29, 0.717) is 29.6 Å². The van der Waals surface area contributed by atoms with Crippen LogP contribution in [0, 0.1) is 18.3 Å². The molecule has 1 fully saturated rings. The molecule has 0 unspecified atom stereocenters. The van der Waals surface area contributed by atoms with Crippen LogP contribution in [0.5, 0.6) is 0 Å². The zero-order valence-corrected chi connectivity index (χ0v) is 15.2. The zero-order chi connectivity index (χ0) is 18.0. The van der Waals surface area contributed by atoms with Crippen LogP contribution in [-0.4, -0.2) is 51.9 Å². The van der Waals surface area contributed by atoms with Gasteiger partial charge in [-0.25, -0.2) is 0 Å². The third kappa shape index (κ3) is 3.20. The summed E-state index contributed by atoms with van der Waals surface area (Å²) in [5.41, 5.74) is 2.54. The Morgan fingerprint density at radius 2 is 2.04 bits per heavy atom. The third-order valence-corrected chi connectivity index (χ3v) is 4.72. The van der Waals surface area contributed by atoms with E-state index >= 15 is 0 Å². The van der Waals surface area contributed by atoms with Gasteiger partial charge in [-0.3, -0.25) is 4.90 Å². The number of piperazine rings is 1. The summed E-state index contributed by atoms with van der Waals surface area (Å²) in [6.45, 7) is 8.12. The Morgan fingerprint density at radius 3 is 2.64 bits per heavy atom. The second-order valence-electron chi connectivity index (χ2n) is 6.27. The minimum Gasteiger partial charge on any atom is -0.351 e. The minimum absolute atomic E-state index is 0.0285. The highest BCUT2D eigenvalue weighted by Gasteiger charge is 2.32. The van der Waals surface area contributed by atoms with Crippen molar-refractivity contribution in [3.63, 3.8) is 0 Å². The zero-order valence-electron chi connectivity index (χ0n) is 15.2. The third-order valence-electron chi connectivity index (χ3n) is 4.72. The fourth-order valence-corrected chi connectivity index (χ4v) is 3.28. The van der Waals surface area contributed by atoms with Crippen molar-refractivity contribution in [1.29, 1.82) is 5.26 Å². The number of hydrogen-bond acceptors (Lipinski definition) is 8. The Labute approximate surface area is 147 Å². The van der Waals surface area contributed by atoms with Crippen molar-refractivity contribution in [3.8, 4) is 6.07 Å². The van der Waals surface area contributed by atoms with E-state index in [9.17, 15) is 5.26 Å². The van der Waals surface area contributed by atoms with Gasteiger partial charge < -0.3 is 9.42 Å². The topological polar surface area (TPSA) is 95.0 Å². The van der Waals surface area contributed by atoms with Crippen molar-refractivity contribution >= 4 is 5.82 Å². The Morgan fingerprint density at radius 1 is 1.24 bits per heavy atom. The van der Waals surface area contributed by atoms with Crippen molar-refractivity contribution in [2.45, 2.75) is 39.7 Å². The first-order valence-electron chi connectivity index (χ1n) is 8.62. The number of rotatable bonds is 4. The van der Waals surface area contributed by atoms with Crippen LogP contribution >= 0.6 is 0 Å². The van der Waals surface area contributed by atoms with Gasteiger partial charge in [-0.15, -0.1) is 5.10 Å². The summed E-state index contributed by atoms with van der Waals surface area (Å²) in [4.78, 5) is 8.66. The molecule has 1 aliphatic rings. The highest BCUT2D eigenvalue weighted by atomic mass is 16.5. The molecule has 8 heteroatoms. The van der Waals surface area contributed by atoms with Gasteiger partial charge in [0.1, 0.15) is 17.7 Å². The summed E-state index contributed by atoms with van der Waals surface area (Å²) in [7, 11) is 2.04. The van der Waals surface area contributed by atoms with Crippen molar-refractivity contribution in [3.05, 3.63) is 28.5 Å². The molecule has 1 aliphatic heterocycles.